The Morgan fingerprint density at radius 1 is 1.28 bits per heavy atom. The molecule has 0 bridgehead atoms. The van der Waals surface area contributed by atoms with Gasteiger partial charge in [0.05, 0.1) is 5.69 Å². The second kappa shape index (κ2) is 5.12. The van der Waals surface area contributed by atoms with Crippen molar-refractivity contribution in [1.82, 2.24) is 9.97 Å². The van der Waals surface area contributed by atoms with Crippen LogP contribution in [0.2, 0.25) is 5.02 Å². The summed E-state index contributed by atoms with van der Waals surface area (Å²) in [6, 6.07) is 7.51. The van der Waals surface area contributed by atoms with Crippen LogP contribution in [0.25, 0.3) is 11.3 Å². The van der Waals surface area contributed by atoms with Gasteiger partial charge in [-0.3, -0.25) is 4.79 Å². The highest BCUT2D eigenvalue weighted by Gasteiger charge is 2.17. The van der Waals surface area contributed by atoms with Crippen LogP contribution in [0.1, 0.15) is 11.9 Å². The van der Waals surface area contributed by atoms with E-state index >= 15 is 0 Å². The van der Waals surface area contributed by atoms with E-state index in [0.717, 1.165) is 5.56 Å². The molecule has 2 aromatic rings. The van der Waals surface area contributed by atoms with Crippen LogP contribution in [0.15, 0.2) is 36.5 Å². The zero-order valence-electron chi connectivity index (χ0n) is 9.25. The van der Waals surface area contributed by atoms with Crippen molar-refractivity contribution in [2.24, 2.45) is 5.73 Å². The zero-order chi connectivity index (χ0) is 13.1. The van der Waals surface area contributed by atoms with E-state index in [1.165, 1.54) is 6.20 Å². The zero-order valence-corrected chi connectivity index (χ0v) is 10.0. The predicted molar refractivity (Wildman–Crippen MR) is 67.0 cm³/mol. The van der Waals surface area contributed by atoms with Gasteiger partial charge in [-0.05, 0) is 18.2 Å². The fourth-order valence-corrected chi connectivity index (χ4v) is 1.54. The number of benzene rings is 1. The average molecular weight is 264 g/mol. The van der Waals surface area contributed by atoms with Crippen molar-refractivity contribution in [2.75, 3.05) is 0 Å². The third-order valence-corrected chi connectivity index (χ3v) is 2.61. The number of rotatable bonds is 3. The van der Waals surface area contributed by atoms with Crippen LogP contribution in [0.5, 0.6) is 0 Å². The summed E-state index contributed by atoms with van der Waals surface area (Å²) in [7, 11) is 0. The summed E-state index contributed by atoms with van der Waals surface area (Å²) in [6.45, 7) is 0. The third-order valence-electron chi connectivity index (χ3n) is 2.36. The van der Waals surface area contributed by atoms with E-state index in [-0.39, 0.29) is 5.82 Å². The lowest BCUT2D eigenvalue weighted by atomic mass is 10.1. The summed E-state index contributed by atoms with van der Waals surface area (Å²) >= 11 is 5.79. The highest BCUT2D eigenvalue weighted by atomic mass is 35.5. The maximum Gasteiger partial charge on any atom is 0.328 e. The molecule has 0 aliphatic heterocycles. The molecular formula is C12H10ClN3O2. The van der Waals surface area contributed by atoms with Crippen molar-refractivity contribution in [1.29, 1.82) is 0 Å². The normalized spacial score (nSPS) is 12.1. The van der Waals surface area contributed by atoms with Gasteiger partial charge in [-0.2, -0.15) is 0 Å². The molecule has 0 saturated carbocycles. The van der Waals surface area contributed by atoms with Crippen molar-refractivity contribution in [3.8, 4) is 11.3 Å². The Bertz CT molecular complexity index is 572. The van der Waals surface area contributed by atoms with Crippen LogP contribution < -0.4 is 5.73 Å². The smallest absolute Gasteiger partial charge is 0.328 e. The molecule has 0 spiro atoms. The summed E-state index contributed by atoms with van der Waals surface area (Å²) in [5.74, 6) is -1.08. The number of hydrogen-bond acceptors (Lipinski definition) is 4. The number of nitrogens with zero attached hydrogens (tertiary/aromatic N) is 2. The molecule has 0 fully saturated rings. The molecule has 3 N–H and O–H groups in total. The number of hydrogen-bond donors (Lipinski definition) is 2. The molecule has 1 heterocycles. The SMILES string of the molecule is NC(C(=O)O)c1nccc(-c2ccc(Cl)cc2)n1. The summed E-state index contributed by atoms with van der Waals surface area (Å²) < 4.78 is 0. The molecule has 18 heavy (non-hydrogen) atoms. The van der Waals surface area contributed by atoms with Crippen LogP contribution in [0.4, 0.5) is 0 Å². The lowest BCUT2D eigenvalue weighted by Gasteiger charge is -2.07. The fourth-order valence-electron chi connectivity index (χ4n) is 1.42. The van der Waals surface area contributed by atoms with Crippen molar-refractivity contribution < 1.29 is 9.90 Å². The molecule has 0 aliphatic rings. The molecular weight excluding hydrogens is 254 g/mol. The standard InChI is InChI=1S/C12H10ClN3O2/c13-8-3-1-7(2-4-8)9-5-6-15-11(16-9)10(14)12(17)18/h1-6,10H,14H2,(H,17,18). The summed E-state index contributed by atoms with van der Waals surface area (Å²) in [5, 5.41) is 9.43. The Balaban J connectivity index is 2.38. The number of carboxylic acid groups (broad SMARTS) is 1. The van der Waals surface area contributed by atoms with E-state index in [9.17, 15) is 4.79 Å². The van der Waals surface area contributed by atoms with Gasteiger partial charge in [0.25, 0.3) is 0 Å². The van der Waals surface area contributed by atoms with E-state index < -0.39 is 12.0 Å². The van der Waals surface area contributed by atoms with Crippen molar-refractivity contribution >= 4 is 17.6 Å². The number of carbonyl (C=O) groups is 1. The number of aliphatic carboxylic acids is 1. The Kier molecular flexibility index (Phi) is 3.55. The van der Waals surface area contributed by atoms with Gasteiger partial charge in [0, 0.05) is 16.8 Å². The predicted octanol–water partition coefficient (Wildman–Crippen LogP) is 1.88. The molecule has 5 nitrogen and oxygen atoms in total. The molecule has 0 radical (unpaired) electrons. The second-order valence-corrected chi connectivity index (χ2v) is 4.06. The first-order valence-corrected chi connectivity index (χ1v) is 5.53. The first-order chi connectivity index (χ1) is 8.58. The van der Waals surface area contributed by atoms with E-state index in [2.05, 4.69) is 9.97 Å². The Hall–Kier alpha value is -1.98. The summed E-state index contributed by atoms with van der Waals surface area (Å²) in [4.78, 5) is 18.8. The monoisotopic (exact) mass is 263 g/mol. The van der Waals surface area contributed by atoms with Gasteiger partial charge in [-0.1, -0.05) is 23.7 Å². The number of carboxylic acids is 1. The quantitative estimate of drug-likeness (QED) is 0.883. The van der Waals surface area contributed by atoms with Gasteiger partial charge in [-0.15, -0.1) is 0 Å². The van der Waals surface area contributed by atoms with Gasteiger partial charge >= 0.3 is 5.97 Å². The molecule has 1 unspecified atom stereocenters. The van der Waals surface area contributed by atoms with Gasteiger partial charge in [0.15, 0.2) is 11.9 Å². The maximum absolute atomic E-state index is 10.8. The lowest BCUT2D eigenvalue weighted by molar-refractivity contribution is -0.138. The molecule has 1 aromatic heterocycles. The minimum atomic E-state index is -1.22. The fraction of sp³-hybridized carbons (Fsp3) is 0.0833. The van der Waals surface area contributed by atoms with Crippen molar-refractivity contribution in [3.05, 3.63) is 47.4 Å². The molecule has 1 atom stereocenters. The molecule has 6 heteroatoms. The van der Waals surface area contributed by atoms with Crippen LogP contribution in [0, 0.1) is 0 Å². The minimum absolute atomic E-state index is 0.0787. The van der Waals surface area contributed by atoms with E-state index in [1.807, 2.05) is 0 Å². The molecule has 0 aliphatic carbocycles. The third kappa shape index (κ3) is 2.64. The van der Waals surface area contributed by atoms with Gasteiger partial charge in [0.1, 0.15) is 0 Å². The molecule has 0 amide bonds. The van der Waals surface area contributed by atoms with Gasteiger partial charge in [0.2, 0.25) is 0 Å². The molecule has 92 valence electrons. The van der Waals surface area contributed by atoms with Gasteiger partial charge in [-0.25, -0.2) is 9.97 Å². The first-order valence-electron chi connectivity index (χ1n) is 5.15. The summed E-state index contributed by atoms with van der Waals surface area (Å²) in [6.07, 6.45) is 1.48. The second-order valence-electron chi connectivity index (χ2n) is 3.62. The van der Waals surface area contributed by atoms with Crippen LogP contribution in [0.3, 0.4) is 0 Å². The largest absolute Gasteiger partial charge is 0.480 e. The van der Waals surface area contributed by atoms with E-state index in [1.54, 1.807) is 30.3 Å². The maximum atomic E-state index is 10.8. The Morgan fingerprint density at radius 2 is 1.94 bits per heavy atom. The average Bonchev–Trinajstić information content (AvgIpc) is 2.38. The van der Waals surface area contributed by atoms with Crippen LogP contribution in [-0.4, -0.2) is 21.0 Å². The minimum Gasteiger partial charge on any atom is -0.480 e. The van der Waals surface area contributed by atoms with Crippen LogP contribution in [-0.2, 0) is 4.79 Å². The summed E-state index contributed by atoms with van der Waals surface area (Å²) in [5.41, 5.74) is 6.89. The topological polar surface area (TPSA) is 89.1 Å². The molecule has 0 saturated heterocycles. The van der Waals surface area contributed by atoms with Crippen molar-refractivity contribution in [3.63, 3.8) is 0 Å². The number of halogens is 1. The molecule has 2 rings (SSSR count). The van der Waals surface area contributed by atoms with Gasteiger partial charge < -0.3 is 10.8 Å². The van der Waals surface area contributed by atoms with E-state index in [4.69, 9.17) is 22.4 Å². The van der Waals surface area contributed by atoms with E-state index in [0.29, 0.717) is 10.7 Å². The van der Waals surface area contributed by atoms with Crippen LogP contribution >= 0.6 is 11.6 Å². The van der Waals surface area contributed by atoms with Crippen molar-refractivity contribution in [2.45, 2.75) is 6.04 Å². The highest BCUT2D eigenvalue weighted by molar-refractivity contribution is 6.30. The Labute approximate surface area is 108 Å². The highest BCUT2D eigenvalue weighted by Crippen LogP contribution is 2.20. The number of aromatic nitrogens is 2. The Morgan fingerprint density at radius 3 is 2.56 bits per heavy atom. The first kappa shape index (κ1) is 12.5. The lowest BCUT2D eigenvalue weighted by Crippen LogP contribution is -2.23. The number of nitrogens with two attached hydrogens (primary N) is 1. The molecule has 1 aromatic carbocycles.